The van der Waals surface area contributed by atoms with Crippen LogP contribution in [0.3, 0.4) is 0 Å². The lowest BCUT2D eigenvalue weighted by Gasteiger charge is -2.37. The zero-order valence-electron chi connectivity index (χ0n) is 27.3. The topological polar surface area (TPSA) is 154 Å². The molecular formula is C34H40F2N6O7. The summed E-state index contributed by atoms with van der Waals surface area (Å²) in [5.74, 6) is -1.96. The fourth-order valence-electron chi connectivity index (χ4n) is 6.24. The lowest BCUT2D eigenvalue weighted by atomic mass is 10.0. The van der Waals surface area contributed by atoms with Gasteiger partial charge in [0.25, 0.3) is 5.91 Å². The minimum absolute atomic E-state index is 0.0292. The van der Waals surface area contributed by atoms with Crippen molar-refractivity contribution in [3.8, 4) is 17.0 Å². The van der Waals surface area contributed by atoms with Crippen LogP contribution >= 0.6 is 0 Å². The molecule has 15 heteroatoms. The number of rotatable bonds is 11. The number of anilines is 2. The van der Waals surface area contributed by atoms with Gasteiger partial charge in [-0.15, -0.1) is 0 Å². The Labute approximate surface area is 281 Å². The van der Waals surface area contributed by atoms with Crippen molar-refractivity contribution < 1.29 is 43.1 Å². The molecule has 6 rings (SSSR count). The normalized spacial score (nSPS) is 21.7. The lowest BCUT2D eigenvalue weighted by molar-refractivity contribution is -0.257. The standard InChI is InChI=1S/C34H40F2N6O7/c1-3-20-16-21(39-32-33-38-18-24(42(33)9-8-37-32)23-6-7-26(47-2)30(36)29(23)35)4-5-22(20)34(46)41-12-10-40(11-13-41)14-15-48-28-17-25(44)31(45)27(19-43)49-28/h4-9,16,18,25,27-28,31,43-45H,3,10-15,17,19H2,1-2H3,(H,37,39)/t25-,27-,28-,31-/m1/s1. The average Bonchev–Trinajstić information content (AvgIpc) is 3.55. The van der Waals surface area contributed by atoms with E-state index in [4.69, 9.17) is 14.2 Å². The van der Waals surface area contributed by atoms with Crippen molar-refractivity contribution in [3.05, 3.63) is 71.7 Å². The first-order valence-electron chi connectivity index (χ1n) is 16.2. The number of hydrogen-bond donors (Lipinski definition) is 4. The van der Waals surface area contributed by atoms with E-state index >= 15 is 0 Å². The Morgan fingerprint density at radius 3 is 2.63 bits per heavy atom. The summed E-state index contributed by atoms with van der Waals surface area (Å²) in [6.45, 7) is 4.94. The molecule has 0 saturated carbocycles. The fourth-order valence-corrected chi connectivity index (χ4v) is 6.24. The van der Waals surface area contributed by atoms with Gasteiger partial charge < -0.3 is 39.7 Å². The van der Waals surface area contributed by atoms with Crippen molar-refractivity contribution in [1.82, 2.24) is 24.2 Å². The Bertz CT molecular complexity index is 1780. The third-order valence-electron chi connectivity index (χ3n) is 9.04. The van der Waals surface area contributed by atoms with E-state index < -0.39 is 42.8 Å². The molecule has 0 bridgehead atoms. The molecule has 0 unspecified atom stereocenters. The van der Waals surface area contributed by atoms with Gasteiger partial charge in [-0.2, -0.15) is 4.39 Å². The van der Waals surface area contributed by atoms with E-state index in [1.165, 1.54) is 31.6 Å². The van der Waals surface area contributed by atoms with Crippen LogP contribution in [0.15, 0.2) is 48.9 Å². The zero-order chi connectivity index (χ0) is 34.7. The van der Waals surface area contributed by atoms with Crippen LogP contribution in [0.25, 0.3) is 16.9 Å². The number of aliphatic hydroxyl groups is 3. The number of aliphatic hydroxyl groups excluding tert-OH is 3. The third kappa shape index (κ3) is 7.22. The number of nitrogens with zero attached hydrogens (tertiary/aromatic N) is 5. The summed E-state index contributed by atoms with van der Waals surface area (Å²) in [4.78, 5) is 26.5. The number of halogens is 2. The van der Waals surface area contributed by atoms with Crippen LogP contribution in [-0.2, 0) is 15.9 Å². The molecule has 4 atom stereocenters. The Kier molecular flexibility index (Phi) is 10.7. The first-order valence-corrected chi connectivity index (χ1v) is 16.2. The number of aryl methyl sites for hydroxylation is 1. The number of methoxy groups -OCH3 is 1. The van der Waals surface area contributed by atoms with Crippen molar-refractivity contribution in [3.63, 3.8) is 0 Å². The van der Waals surface area contributed by atoms with Gasteiger partial charge in [0.2, 0.25) is 5.82 Å². The quantitative estimate of drug-likeness (QED) is 0.185. The molecule has 0 radical (unpaired) electrons. The molecule has 2 fully saturated rings. The summed E-state index contributed by atoms with van der Waals surface area (Å²) in [6.07, 6.45) is 1.58. The van der Waals surface area contributed by atoms with Crippen molar-refractivity contribution in [2.75, 3.05) is 58.4 Å². The molecule has 4 heterocycles. The molecule has 2 aliphatic heterocycles. The Morgan fingerprint density at radius 2 is 1.90 bits per heavy atom. The predicted molar refractivity (Wildman–Crippen MR) is 175 cm³/mol. The smallest absolute Gasteiger partial charge is 0.254 e. The molecule has 49 heavy (non-hydrogen) atoms. The molecule has 2 aromatic heterocycles. The summed E-state index contributed by atoms with van der Waals surface area (Å²) in [5, 5.41) is 32.5. The predicted octanol–water partition coefficient (Wildman–Crippen LogP) is 2.59. The first-order chi connectivity index (χ1) is 23.7. The number of nitrogens with one attached hydrogen (secondary N) is 1. The Balaban J connectivity index is 1.07. The van der Waals surface area contributed by atoms with Crippen molar-refractivity contribution in [1.29, 1.82) is 0 Å². The zero-order valence-corrected chi connectivity index (χ0v) is 27.3. The van der Waals surface area contributed by atoms with Gasteiger partial charge in [0.15, 0.2) is 29.3 Å². The molecule has 4 N–H and O–H groups in total. The van der Waals surface area contributed by atoms with Crippen LogP contribution in [0.4, 0.5) is 20.3 Å². The minimum Gasteiger partial charge on any atom is -0.494 e. The van der Waals surface area contributed by atoms with Crippen molar-refractivity contribution >= 4 is 23.1 Å². The average molecular weight is 683 g/mol. The van der Waals surface area contributed by atoms with Gasteiger partial charge in [-0.25, -0.2) is 14.4 Å². The van der Waals surface area contributed by atoms with Gasteiger partial charge in [-0.1, -0.05) is 6.92 Å². The lowest BCUT2D eigenvalue weighted by Crippen LogP contribution is -2.51. The third-order valence-corrected chi connectivity index (χ3v) is 9.04. The van der Waals surface area contributed by atoms with E-state index in [0.717, 1.165) is 5.56 Å². The molecule has 2 saturated heterocycles. The van der Waals surface area contributed by atoms with Gasteiger partial charge in [-0.05, 0) is 42.3 Å². The minimum atomic E-state index is -1.15. The van der Waals surface area contributed by atoms with Crippen molar-refractivity contribution in [2.24, 2.45) is 0 Å². The van der Waals surface area contributed by atoms with E-state index in [1.807, 2.05) is 17.9 Å². The SMILES string of the molecule is CCc1cc(Nc2nccn3c(-c4ccc(OC)c(F)c4F)cnc23)ccc1C(=O)N1CCN(CCO[C@H]2C[C@@H](O)[C@@H](O)[C@@H](CO)O2)CC1. The summed E-state index contributed by atoms with van der Waals surface area (Å²) >= 11 is 0. The van der Waals surface area contributed by atoms with Crippen molar-refractivity contribution in [2.45, 2.75) is 44.4 Å². The Morgan fingerprint density at radius 1 is 1.10 bits per heavy atom. The van der Waals surface area contributed by atoms with E-state index in [2.05, 4.69) is 20.2 Å². The maximum atomic E-state index is 14.9. The van der Waals surface area contributed by atoms with Crippen LogP contribution in [0.2, 0.25) is 0 Å². The summed E-state index contributed by atoms with van der Waals surface area (Å²) < 4.78 is 47.1. The summed E-state index contributed by atoms with van der Waals surface area (Å²) in [5.41, 5.74) is 2.95. The van der Waals surface area contributed by atoms with Crippen LogP contribution in [0.5, 0.6) is 5.75 Å². The van der Waals surface area contributed by atoms with Crippen LogP contribution in [0, 0.1) is 11.6 Å². The highest BCUT2D eigenvalue weighted by Gasteiger charge is 2.37. The van der Waals surface area contributed by atoms with E-state index in [9.17, 15) is 28.9 Å². The number of aromatic nitrogens is 3. The summed E-state index contributed by atoms with van der Waals surface area (Å²) in [6, 6.07) is 8.30. The molecule has 2 aliphatic rings. The second-order valence-corrected chi connectivity index (χ2v) is 12.0. The van der Waals surface area contributed by atoms with Gasteiger partial charge in [0, 0.05) is 68.4 Å². The molecule has 2 aromatic carbocycles. The number of amides is 1. The monoisotopic (exact) mass is 682 g/mol. The molecule has 0 spiro atoms. The number of ether oxygens (including phenoxy) is 3. The largest absolute Gasteiger partial charge is 0.494 e. The number of benzene rings is 2. The van der Waals surface area contributed by atoms with E-state index in [1.54, 1.807) is 22.7 Å². The van der Waals surface area contributed by atoms with Crippen LogP contribution in [0.1, 0.15) is 29.3 Å². The maximum absolute atomic E-state index is 14.9. The number of piperazine rings is 1. The number of hydrogen-bond acceptors (Lipinski definition) is 11. The first kappa shape index (κ1) is 34.6. The highest BCUT2D eigenvalue weighted by atomic mass is 19.2. The second-order valence-electron chi connectivity index (χ2n) is 12.0. The molecule has 0 aliphatic carbocycles. The fraction of sp³-hybridized carbons (Fsp3) is 0.441. The highest BCUT2D eigenvalue weighted by Crippen LogP contribution is 2.32. The number of carbonyl (C=O) groups is 1. The molecule has 13 nitrogen and oxygen atoms in total. The van der Waals surface area contributed by atoms with E-state index in [0.29, 0.717) is 74.2 Å². The molecule has 1 amide bonds. The molecule has 4 aromatic rings. The number of carbonyl (C=O) groups excluding carboxylic acids is 1. The number of fused-ring (bicyclic) bond motifs is 1. The number of imidazole rings is 1. The van der Waals surface area contributed by atoms with Crippen LogP contribution < -0.4 is 10.1 Å². The van der Waals surface area contributed by atoms with Gasteiger partial charge in [-0.3, -0.25) is 14.1 Å². The van der Waals surface area contributed by atoms with E-state index in [-0.39, 0.29) is 23.6 Å². The second kappa shape index (κ2) is 15.1. The summed E-state index contributed by atoms with van der Waals surface area (Å²) in [7, 11) is 1.27. The maximum Gasteiger partial charge on any atom is 0.254 e. The highest BCUT2D eigenvalue weighted by molar-refractivity contribution is 5.96. The van der Waals surface area contributed by atoms with Gasteiger partial charge in [0.1, 0.15) is 12.2 Å². The molecular weight excluding hydrogens is 642 g/mol. The van der Waals surface area contributed by atoms with Gasteiger partial charge in [0.05, 0.1) is 38.3 Å². The van der Waals surface area contributed by atoms with Gasteiger partial charge >= 0.3 is 0 Å². The van der Waals surface area contributed by atoms with Crippen LogP contribution in [-0.4, -0.2) is 123 Å². The molecule has 262 valence electrons. The Hall–Kier alpha value is -4.25.